The number of aliphatic hydroxyl groups excluding tert-OH is 1. The molecule has 0 saturated heterocycles. The fourth-order valence-corrected chi connectivity index (χ4v) is 2.94. The van der Waals surface area contributed by atoms with Crippen LogP contribution in [0.1, 0.15) is 29.8 Å². The van der Waals surface area contributed by atoms with E-state index in [1.807, 2.05) is 5.51 Å². The molecule has 0 radical (unpaired) electrons. The Morgan fingerprint density at radius 3 is 2.81 bits per heavy atom. The van der Waals surface area contributed by atoms with E-state index in [1.54, 1.807) is 11.3 Å². The first-order valence-electron chi connectivity index (χ1n) is 6.05. The summed E-state index contributed by atoms with van der Waals surface area (Å²) in [5.41, 5.74) is 3.09. The van der Waals surface area contributed by atoms with Gasteiger partial charge in [0.1, 0.15) is 0 Å². The largest absolute Gasteiger partial charge is 0.395 e. The van der Waals surface area contributed by atoms with Gasteiger partial charge in [-0.05, 0) is 26.2 Å². The first-order chi connectivity index (χ1) is 7.81. The van der Waals surface area contributed by atoms with Crippen LogP contribution in [0.4, 0.5) is 0 Å². The van der Waals surface area contributed by atoms with E-state index in [9.17, 15) is 0 Å². The van der Waals surface area contributed by atoms with E-state index in [-0.39, 0.29) is 6.61 Å². The molecule has 0 aromatic carbocycles. The normalized spacial score (nSPS) is 16.7. The molecular formula is C12H20N2OS. The third-order valence-corrected chi connectivity index (χ3v) is 4.44. The van der Waals surface area contributed by atoms with Crippen molar-refractivity contribution in [2.24, 2.45) is 0 Å². The van der Waals surface area contributed by atoms with E-state index in [0.29, 0.717) is 0 Å². The van der Waals surface area contributed by atoms with Gasteiger partial charge in [0.2, 0.25) is 0 Å². The molecule has 90 valence electrons. The zero-order valence-electron chi connectivity index (χ0n) is 9.85. The number of hydrogen-bond acceptors (Lipinski definition) is 4. The SMILES string of the molecule is Cc1ncsc1CCN(CCO)C1CCC1. The zero-order valence-corrected chi connectivity index (χ0v) is 10.7. The maximum absolute atomic E-state index is 9.07. The van der Waals surface area contributed by atoms with Gasteiger partial charge in [-0.2, -0.15) is 0 Å². The molecule has 1 aliphatic rings. The molecule has 1 N–H and O–H groups in total. The molecule has 0 bridgehead atoms. The third kappa shape index (κ3) is 2.81. The number of nitrogens with zero attached hydrogens (tertiary/aromatic N) is 2. The van der Waals surface area contributed by atoms with Gasteiger partial charge in [-0.25, -0.2) is 4.98 Å². The quantitative estimate of drug-likeness (QED) is 0.824. The number of aromatic nitrogens is 1. The van der Waals surface area contributed by atoms with Crippen LogP contribution in [0, 0.1) is 6.92 Å². The second-order valence-electron chi connectivity index (χ2n) is 4.46. The molecule has 1 saturated carbocycles. The highest BCUT2D eigenvalue weighted by Gasteiger charge is 2.24. The third-order valence-electron chi connectivity index (χ3n) is 3.45. The molecule has 16 heavy (non-hydrogen) atoms. The molecule has 3 nitrogen and oxygen atoms in total. The topological polar surface area (TPSA) is 36.4 Å². The van der Waals surface area contributed by atoms with Crippen molar-refractivity contribution in [1.29, 1.82) is 0 Å². The Morgan fingerprint density at radius 2 is 2.31 bits per heavy atom. The lowest BCUT2D eigenvalue weighted by atomic mass is 9.91. The second-order valence-corrected chi connectivity index (χ2v) is 5.39. The van der Waals surface area contributed by atoms with Crippen LogP contribution >= 0.6 is 11.3 Å². The van der Waals surface area contributed by atoms with Crippen LogP contribution in [0.2, 0.25) is 0 Å². The molecule has 1 aliphatic carbocycles. The maximum Gasteiger partial charge on any atom is 0.0797 e. The Kier molecular flexibility index (Phi) is 4.32. The standard InChI is InChI=1S/C12H20N2OS/c1-10-12(16-9-13-10)5-6-14(7-8-15)11-3-2-4-11/h9,11,15H,2-8H2,1H3. The second kappa shape index (κ2) is 5.75. The first-order valence-corrected chi connectivity index (χ1v) is 6.93. The summed E-state index contributed by atoms with van der Waals surface area (Å²) in [5, 5.41) is 9.07. The smallest absolute Gasteiger partial charge is 0.0797 e. The summed E-state index contributed by atoms with van der Waals surface area (Å²) in [6.45, 7) is 4.24. The molecule has 1 aromatic rings. The predicted molar refractivity (Wildman–Crippen MR) is 66.9 cm³/mol. The number of rotatable bonds is 6. The summed E-state index contributed by atoms with van der Waals surface area (Å²) in [5.74, 6) is 0. The molecule has 4 heteroatoms. The van der Waals surface area contributed by atoms with Crippen molar-refractivity contribution in [3.8, 4) is 0 Å². The average molecular weight is 240 g/mol. The minimum atomic E-state index is 0.276. The van der Waals surface area contributed by atoms with Crippen LogP contribution in [0.5, 0.6) is 0 Å². The monoisotopic (exact) mass is 240 g/mol. The van der Waals surface area contributed by atoms with Gasteiger partial charge in [-0.15, -0.1) is 11.3 Å². The van der Waals surface area contributed by atoms with Crippen molar-refractivity contribution < 1.29 is 5.11 Å². The number of thiazole rings is 1. The summed E-state index contributed by atoms with van der Waals surface area (Å²) < 4.78 is 0. The van der Waals surface area contributed by atoms with Crippen LogP contribution < -0.4 is 0 Å². The molecule has 2 rings (SSSR count). The molecule has 0 atom stereocenters. The summed E-state index contributed by atoms with van der Waals surface area (Å²) in [7, 11) is 0. The fourth-order valence-electron chi connectivity index (χ4n) is 2.17. The van der Waals surface area contributed by atoms with Crippen molar-refractivity contribution in [3.05, 3.63) is 16.1 Å². The van der Waals surface area contributed by atoms with Gasteiger partial charge in [-0.1, -0.05) is 6.42 Å². The highest BCUT2D eigenvalue weighted by Crippen LogP contribution is 2.25. The summed E-state index contributed by atoms with van der Waals surface area (Å²) >= 11 is 1.75. The van der Waals surface area contributed by atoms with Crippen LogP contribution in [0.15, 0.2) is 5.51 Å². The molecule has 1 heterocycles. The number of aliphatic hydroxyl groups is 1. The fraction of sp³-hybridized carbons (Fsp3) is 0.750. The van der Waals surface area contributed by atoms with E-state index >= 15 is 0 Å². The first kappa shape index (κ1) is 12.0. The zero-order chi connectivity index (χ0) is 11.4. The van der Waals surface area contributed by atoms with Crippen molar-refractivity contribution in [2.45, 2.75) is 38.6 Å². The van der Waals surface area contributed by atoms with Gasteiger partial charge in [0.05, 0.1) is 17.8 Å². The minimum Gasteiger partial charge on any atom is -0.395 e. The van der Waals surface area contributed by atoms with E-state index < -0.39 is 0 Å². The number of aryl methyl sites for hydroxylation is 1. The molecule has 1 aromatic heterocycles. The van der Waals surface area contributed by atoms with Crippen molar-refractivity contribution in [3.63, 3.8) is 0 Å². The van der Waals surface area contributed by atoms with Gasteiger partial charge in [0, 0.05) is 24.0 Å². The molecule has 0 unspecified atom stereocenters. The minimum absolute atomic E-state index is 0.276. The molecule has 0 aliphatic heterocycles. The van der Waals surface area contributed by atoms with Gasteiger partial charge in [-0.3, -0.25) is 4.90 Å². The van der Waals surface area contributed by atoms with Crippen molar-refractivity contribution in [2.75, 3.05) is 19.7 Å². The lowest BCUT2D eigenvalue weighted by Gasteiger charge is -2.37. The van der Waals surface area contributed by atoms with Crippen LogP contribution in [0.25, 0.3) is 0 Å². The van der Waals surface area contributed by atoms with Gasteiger partial charge >= 0.3 is 0 Å². The Balaban J connectivity index is 1.83. The maximum atomic E-state index is 9.07. The summed E-state index contributed by atoms with van der Waals surface area (Å²) in [4.78, 5) is 8.09. The van der Waals surface area contributed by atoms with E-state index in [0.717, 1.165) is 25.6 Å². The van der Waals surface area contributed by atoms with Crippen molar-refractivity contribution >= 4 is 11.3 Å². The average Bonchev–Trinajstić information content (AvgIpc) is 2.58. The van der Waals surface area contributed by atoms with E-state index in [4.69, 9.17) is 5.11 Å². The highest BCUT2D eigenvalue weighted by molar-refractivity contribution is 7.09. The molecule has 0 spiro atoms. The lowest BCUT2D eigenvalue weighted by Crippen LogP contribution is -2.42. The van der Waals surface area contributed by atoms with Crippen molar-refractivity contribution in [1.82, 2.24) is 9.88 Å². The van der Waals surface area contributed by atoms with Gasteiger partial charge in [0.15, 0.2) is 0 Å². The van der Waals surface area contributed by atoms with Gasteiger partial charge in [0.25, 0.3) is 0 Å². The Hall–Kier alpha value is -0.450. The molecule has 0 amide bonds. The van der Waals surface area contributed by atoms with Crippen LogP contribution in [0.3, 0.4) is 0 Å². The Labute approximate surface area is 101 Å². The summed E-state index contributed by atoms with van der Waals surface area (Å²) in [6.07, 6.45) is 5.04. The predicted octanol–water partition coefficient (Wildman–Crippen LogP) is 1.84. The van der Waals surface area contributed by atoms with Gasteiger partial charge < -0.3 is 5.11 Å². The highest BCUT2D eigenvalue weighted by atomic mass is 32.1. The van der Waals surface area contributed by atoms with Crippen LogP contribution in [-0.4, -0.2) is 40.7 Å². The Bertz CT molecular complexity index is 323. The lowest BCUT2D eigenvalue weighted by molar-refractivity contribution is 0.103. The van der Waals surface area contributed by atoms with E-state index in [1.165, 1.54) is 29.8 Å². The van der Waals surface area contributed by atoms with Crippen LogP contribution in [-0.2, 0) is 6.42 Å². The summed E-state index contributed by atoms with van der Waals surface area (Å²) in [6, 6.07) is 0.723. The molecule has 1 fully saturated rings. The molecular weight excluding hydrogens is 220 g/mol. The van der Waals surface area contributed by atoms with E-state index in [2.05, 4.69) is 16.8 Å². The number of hydrogen-bond donors (Lipinski definition) is 1. The Morgan fingerprint density at radius 1 is 1.50 bits per heavy atom.